The van der Waals surface area contributed by atoms with Gasteiger partial charge in [0.25, 0.3) is 0 Å². The summed E-state index contributed by atoms with van der Waals surface area (Å²) >= 11 is 0. The summed E-state index contributed by atoms with van der Waals surface area (Å²) in [5.41, 5.74) is 0. The second kappa shape index (κ2) is 21.8. The van der Waals surface area contributed by atoms with E-state index in [1.807, 2.05) is 0 Å². The Hall–Kier alpha value is -0.240. The molecule has 0 amide bonds. The van der Waals surface area contributed by atoms with Crippen LogP contribution in [0.25, 0.3) is 0 Å². The van der Waals surface area contributed by atoms with E-state index in [2.05, 4.69) is 13.8 Å². The number of unbranched alkanes of at least 4 members (excludes halogenated alkanes) is 4. The van der Waals surface area contributed by atoms with Crippen LogP contribution in [-0.2, 0) is 23.7 Å². The summed E-state index contributed by atoms with van der Waals surface area (Å²) in [7, 11) is 0. The van der Waals surface area contributed by atoms with Crippen LogP contribution in [-0.4, -0.2) is 77.3 Å². The van der Waals surface area contributed by atoms with Gasteiger partial charge >= 0.3 is 0 Å². The summed E-state index contributed by atoms with van der Waals surface area (Å²) in [6.45, 7) is 9.30. The van der Waals surface area contributed by atoms with Gasteiger partial charge in [0.2, 0.25) is 0 Å². The van der Waals surface area contributed by atoms with Gasteiger partial charge in [-0.2, -0.15) is 0 Å². The number of hydrogen-bond donors (Lipinski definition) is 1. The fourth-order valence-corrected chi connectivity index (χ4v) is 2.25. The molecule has 0 aromatic rings. The van der Waals surface area contributed by atoms with Gasteiger partial charge in [0.15, 0.2) is 0 Å². The summed E-state index contributed by atoms with van der Waals surface area (Å²) in [4.78, 5) is 0. The number of ether oxygens (including phenoxy) is 5. The van der Waals surface area contributed by atoms with Crippen molar-refractivity contribution in [2.45, 2.75) is 58.5 Å². The van der Waals surface area contributed by atoms with Gasteiger partial charge in [0, 0.05) is 0 Å². The molecule has 0 radical (unpaired) electrons. The molecule has 0 rings (SSSR count). The lowest BCUT2D eigenvalue weighted by molar-refractivity contribution is -0.0223. The van der Waals surface area contributed by atoms with Crippen LogP contribution in [0.3, 0.4) is 0 Å². The van der Waals surface area contributed by atoms with E-state index in [-0.39, 0.29) is 6.61 Å². The van der Waals surface area contributed by atoms with Gasteiger partial charge in [-0.15, -0.1) is 0 Å². The van der Waals surface area contributed by atoms with E-state index in [4.69, 9.17) is 28.8 Å². The minimum absolute atomic E-state index is 0.0477. The van der Waals surface area contributed by atoms with Crippen LogP contribution in [0.4, 0.5) is 0 Å². The number of aliphatic hydroxyl groups excluding tert-OH is 1. The van der Waals surface area contributed by atoms with Crippen molar-refractivity contribution in [3.63, 3.8) is 0 Å². The predicted molar refractivity (Wildman–Crippen MR) is 99.2 cm³/mol. The minimum Gasteiger partial charge on any atom is -0.394 e. The van der Waals surface area contributed by atoms with Crippen molar-refractivity contribution in [2.75, 3.05) is 66.1 Å². The summed E-state index contributed by atoms with van der Waals surface area (Å²) in [5.74, 6) is 0. The lowest BCUT2D eigenvalue weighted by Crippen LogP contribution is -2.15. The largest absolute Gasteiger partial charge is 0.394 e. The minimum atomic E-state index is 0.0477. The molecule has 0 aliphatic heterocycles. The average Bonchev–Trinajstić information content (AvgIpc) is 2.62. The van der Waals surface area contributed by atoms with E-state index in [1.54, 1.807) is 0 Å². The third-order valence-electron chi connectivity index (χ3n) is 3.70. The van der Waals surface area contributed by atoms with E-state index in [0.29, 0.717) is 65.6 Å². The first kappa shape index (κ1) is 24.8. The van der Waals surface area contributed by atoms with E-state index >= 15 is 0 Å². The number of rotatable bonds is 21. The maximum Gasteiger partial charge on any atom is 0.0704 e. The molecule has 0 fully saturated rings. The highest BCUT2D eigenvalue weighted by molar-refractivity contribution is 4.52. The van der Waals surface area contributed by atoms with Gasteiger partial charge in [0.05, 0.1) is 72.2 Å². The monoisotopic (exact) mass is 364 g/mol. The van der Waals surface area contributed by atoms with Crippen LogP contribution >= 0.6 is 0 Å². The van der Waals surface area contributed by atoms with Crippen LogP contribution in [0.1, 0.15) is 52.4 Å². The molecular weight excluding hydrogens is 324 g/mol. The summed E-state index contributed by atoms with van der Waals surface area (Å²) < 4.78 is 27.0. The normalized spacial score (nSPS) is 12.6. The van der Waals surface area contributed by atoms with Crippen LogP contribution < -0.4 is 0 Å². The predicted octanol–water partition coefficient (Wildman–Crippen LogP) is 2.81. The highest BCUT2D eigenvalue weighted by Crippen LogP contribution is 2.08. The van der Waals surface area contributed by atoms with Crippen LogP contribution in [0.5, 0.6) is 0 Å². The Balaban J connectivity index is 3.08. The summed E-state index contributed by atoms with van der Waals surface area (Å²) in [6, 6.07) is 0. The third kappa shape index (κ3) is 21.7. The molecule has 1 unspecified atom stereocenters. The van der Waals surface area contributed by atoms with Crippen molar-refractivity contribution in [2.24, 2.45) is 0 Å². The van der Waals surface area contributed by atoms with Crippen molar-refractivity contribution in [1.82, 2.24) is 0 Å². The van der Waals surface area contributed by atoms with Crippen molar-refractivity contribution < 1.29 is 28.8 Å². The van der Waals surface area contributed by atoms with Gasteiger partial charge in [-0.25, -0.2) is 0 Å². The Labute approximate surface area is 154 Å². The Morgan fingerprint density at radius 1 is 0.640 bits per heavy atom. The van der Waals surface area contributed by atoms with Gasteiger partial charge in [-0.05, 0) is 13.3 Å². The second-order valence-corrected chi connectivity index (χ2v) is 6.06. The molecule has 6 nitrogen and oxygen atoms in total. The maximum absolute atomic E-state index is 8.53. The van der Waals surface area contributed by atoms with Gasteiger partial charge in [0.1, 0.15) is 0 Å². The quantitative estimate of drug-likeness (QED) is 0.316. The third-order valence-corrected chi connectivity index (χ3v) is 3.70. The van der Waals surface area contributed by atoms with E-state index in [1.165, 1.54) is 32.1 Å². The maximum atomic E-state index is 8.53. The standard InChI is InChI=1S/C19H40O6/c1-3-4-5-6-7-8-19(2)25-18-17-24-16-15-23-14-13-22-12-11-21-10-9-20/h19-20H,3-18H2,1-2H3. The Morgan fingerprint density at radius 2 is 1.12 bits per heavy atom. The molecule has 1 atom stereocenters. The second-order valence-electron chi connectivity index (χ2n) is 6.06. The summed E-state index contributed by atoms with van der Waals surface area (Å²) in [5, 5.41) is 8.53. The molecule has 0 spiro atoms. The topological polar surface area (TPSA) is 66.4 Å². The molecule has 0 aromatic heterocycles. The van der Waals surface area contributed by atoms with E-state index in [0.717, 1.165) is 6.42 Å². The van der Waals surface area contributed by atoms with Gasteiger partial charge in [-0.3, -0.25) is 0 Å². The first-order chi connectivity index (χ1) is 12.3. The van der Waals surface area contributed by atoms with E-state index < -0.39 is 0 Å². The highest BCUT2D eigenvalue weighted by Gasteiger charge is 2.01. The molecule has 6 heteroatoms. The van der Waals surface area contributed by atoms with Gasteiger partial charge < -0.3 is 28.8 Å². The average molecular weight is 365 g/mol. The molecule has 25 heavy (non-hydrogen) atoms. The van der Waals surface area contributed by atoms with Crippen LogP contribution in [0, 0.1) is 0 Å². The number of hydrogen-bond acceptors (Lipinski definition) is 6. The molecular formula is C19H40O6. The fourth-order valence-electron chi connectivity index (χ4n) is 2.25. The van der Waals surface area contributed by atoms with Crippen LogP contribution in [0.15, 0.2) is 0 Å². The lowest BCUT2D eigenvalue weighted by Gasteiger charge is -2.13. The first-order valence-corrected chi connectivity index (χ1v) is 9.84. The van der Waals surface area contributed by atoms with Gasteiger partial charge in [-0.1, -0.05) is 39.0 Å². The summed E-state index contributed by atoms with van der Waals surface area (Å²) in [6.07, 6.45) is 8.00. The molecule has 0 aromatic carbocycles. The zero-order chi connectivity index (χ0) is 18.4. The molecule has 0 saturated carbocycles. The van der Waals surface area contributed by atoms with Crippen molar-refractivity contribution in [1.29, 1.82) is 0 Å². The highest BCUT2D eigenvalue weighted by atomic mass is 16.6. The Kier molecular flexibility index (Phi) is 21.6. The smallest absolute Gasteiger partial charge is 0.0704 e. The molecule has 152 valence electrons. The number of aliphatic hydroxyl groups is 1. The molecule has 0 heterocycles. The Morgan fingerprint density at radius 3 is 1.64 bits per heavy atom. The van der Waals surface area contributed by atoms with Crippen molar-refractivity contribution >= 4 is 0 Å². The zero-order valence-electron chi connectivity index (χ0n) is 16.4. The fraction of sp³-hybridized carbons (Fsp3) is 1.00. The van der Waals surface area contributed by atoms with Crippen molar-refractivity contribution in [3.8, 4) is 0 Å². The Bertz CT molecular complexity index is 240. The molecule has 0 saturated heterocycles. The molecule has 0 aliphatic carbocycles. The van der Waals surface area contributed by atoms with E-state index in [9.17, 15) is 0 Å². The first-order valence-electron chi connectivity index (χ1n) is 9.84. The molecule has 0 aliphatic rings. The zero-order valence-corrected chi connectivity index (χ0v) is 16.4. The molecule has 0 bridgehead atoms. The van der Waals surface area contributed by atoms with Crippen molar-refractivity contribution in [3.05, 3.63) is 0 Å². The SMILES string of the molecule is CCCCCCCC(C)OCCOCCOCCOCCOCCO. The molecule has 1 N–H and O–H groups in total. The lowest BCUT2D eigenvalue weighted by atomic mass is 10.1. The van der Waals surface area contributed by atoms with Crippen LogP contribution in [0.2, 0.25) is 0 Å².